The van der Waals surface area contributed by atoms with Gasteiger partial charge in [0.25, 0.3) is 0 Å². The Bertz CT molecular complexity index is 214. The fraction of sp³-hybridized carbons (Fsp3) is 0.556. The first kappa shape index (κ1) is 9.77. The van der Waals surface area contributed by atoms with Crippen LogP contribution in [0.25, 0.3) is 0 Å². The predicted octanol–water partition coefficient (Wildman–Crippen LogP) is 1.14. The minimum Gasteiger partial charge on any atom is -0.340 e. The Balaban J connectivity index is 2.09. The van der Waals surface area contributed by atoms with Crippen molar-refractivity contribution in [3.63, 3.8) is 0 Å². The first-order valence-electron chi connectivity index (χ1n) is 4.41. The largest absolute Gasteiger partial charge is 0.340 e. The number of hydrogen-bond donors (Lipinski definition) is 0. The molecule has 0 fully saturated rings. The van der Waals surface area contributed by atoms with Crippen molar-refractivity contribution in [3.8, 4) is 0 Å². The molecule has 0 amide bonds. The molecule has 1 heterocycles. The summed E-state index contributed by atoms with van der Waals surface area (Å²) in [5.74, 6) is -0.199. The number of nitrogens with zero attached hydrogens (tertiary/aromatic N) is 2. The molecule has 72 valence electrons. The molecular formula is C9H14N2O2. The van der Waals surface area contributed by atoms with E-state index in [-0.39, 0.29) is 5.97 Å². The standard InChI is InChI=1S/C9H14N2O2/c1-2-3-4-5-9(12)13-11-7-6-10-8-11/h2,8H,1,3-7H2. The van der Waals surface area contributed by atoms with E-state index in [0.717, 1.165) is 12.8 Å². The predicted molar refractivity (Wildman–Crippen MR) is 50.2 cm³/mol. The Kier molecular flexibility index (Phi) is 4.02. The number of allylic oxidation sites excluding steroid dienone is 1. The third kappa shape index (κ3) is 3.73. The van der Waals surface area contributed by atoms with Gasteiger partial charge < -0.3 is 4.84 Å². The van der Waals surface area contributed by atoms with Crippen molar-refractivity contribution < 1.29 is 9.63 Å². The average molecular weight is 182 g/mol. The second-order valence-corrected chi connectivity index (χ2v) is 2.81. The Morgan fingerprint density at radius 1 is 1.77 bits per heavy atom. The highest BCUT2D eigenvalue weighted by Crippen LogP contribution is 2.01. The summed E-state index contributed by atoms with van der Waals surface area (Å²) in [6.45, 7) is 4.96. The Morgan fingerprint density at radius 3 is 3.23 bits per heavy atom. The van der Waals surface area contributed by atoms with Gasteiger partial charge in [-0.3, -0.25) is 4.99 Å². The number of carbonyl (C=O) groups excluding carboxylic acids is 1. The van der Waals surface area contributed by atoms with Gasteiger partial charge in [0.1, 0.15) is 6.34 Å². The van der Waals surface area contributed by atoms with E-state index in [1.165, 1.54) is 5.06 Å². The maximum absolute atomic E-state index is 11.1. The zero-order chi connectivity index (χ0) is 9.52. The summed E-state index contributed by atoms with van der Waals surface area (Å²) in [5, 5.41) is 1.47. The molecule has 4 heteroatoms. The third-order valence-electron chi connectivity index (χ3n) is 1.67. The molecule has 1 aliphatic heterocycles. The molecule has 1 rings (SSSR count). The van der Waals surface area contributed by atoms with Crippen LogP contribution in [0.3, 0.4) is 0 Å². The van der Waals surface area contributed by atoms with E-state index in [1.807, 2.05) is 0 Å². The first-order chi connectivity index (χ1) is 6.33. The van der Waals surface area contributed by atoms with E-state index >= 15 is 0 Å². The van der Waals surface area contributed by atoms with Crippen LogP contribution in [0.2, 0.25) is 0 Å². The van der Waals surface area contributed by atoms with Crippen molar-refractivity contribution in [2.75, 3.05) is 13.1 Å². The van der Waals surface area contributed by atoms with Crippen LogP contribution in [0.15, 0.2) is 17.6 Å². The molecule has 0 saturated carbocycles. The highest BCUT2D eigenvalue weighted by Gasteiger charge is 2.10. The maximum Gasteiger partial charge on any atom is 0.332 e. The highest BCUT2D eigenvalue weighted by atomic mass is 16.7. The zero-order valence-corrected chi connectivity index (χ0v) is 7.61. The quantitative estimate of drug-likeness (QED) is 0.473. The van der Waals surface area contributed by atoms with Gasteiger partial charge in [-0.2, -0.15) is 5.06 Å². The molecule has 0 aromatic heterocycles. The summed E-state index contributed by atoms with van der Waals surface area (Å²) in [7, 11) is 0. The second-order valence-electron chi connectivity index (χ2n) is 2.81. The molecule has 0 bridgehead atoms. The first-order valence-corrected chi connectivity index (χ1v) is 4.41. The van der Waals surface area contributed by atoms with Crippen molar-refractivity contribution in [2.24, 2.45) is 4.99 Å². The molecule has 0 radical (unpaired) electrons. The second kappa shape index (κ2) is 5.35. The number of rotatable bonds is 5. The van der Waals surface area contributed by atoms with Gasteiger partial charge in [0, 0.05) is 6.42 Å². The normalized spacial score (nSPS) is 14.6. The van der Waals surface area contributed by atoms with Gasteiger partial charge >= 0.3 is 5.97 Å². The lowest BCUT2D eigenvalue weighted by molar-refractivity contribution is -0.170. The van der Waals surface area contributed by atoms with Crippen LogP contribution in [0.1, 0.15) is 19.3 Å². The molecule has 0 atom stereocenters. The SMILES string of the molecule is C=CCCCC(=O)ON1C=NCC1. The van der Waals surface area contributed by atoms with Crippen molar-refractivity contribution in [2.45, 2.75) is 19.3 Å². The lowest BCUT2D eigenvalue weighted by Crippen LogP contribution is -2.24. The molecule has 0 aromatic carbocycles. The van der Waals surface area contributed by atoms with Crippen molar-refractivity contribution in [3.05, 3.63) is 12.7 Å². The molecule has 0 N–H and O–H groups in total. The zero-order valence-electron chi connectivity index (χ0n) is 7.61. The Labute approximate surface area is 77.8 Å². The van der Waals surface area contributed by atoms with Crippen molar-refractivity contribution in [1.82, 2.24) is 5.06 Å². The lowest BCUT2D eigenvalue weighted by Gasteiger charge is -2.12. The van der Waals surface area contributed by atoms with Crippen LogP contribution in [-0.4, -0.2) is 30.5 Å². The highest BCUT2D eigenvalue weighted by molar-refractivity contribution is 5.70. The third-order valence-corrected chi connectivity index (χ3v) is 1.67. The smallest absolute Gasteiger partial charge is 0.332 e. The van der Waals surface area contributed by atoms with Gasteiger partial charge in [-0.15, -0.1) is 6.58 Å². The van der Waals surface area contributed by atoms with Gasteiger partial charge in [-0.25, -0.2) is 4.79 Å². The van der Waals surface area contributed by atoms with E-state index < -0.39 is 0 Å². The van der Waals surface area contributed by atoms with Gasteiger partial charge in [-0.1, -0.05) is 6.08 Å². The number of hydrogen-bond acceptors (Lipinski definition) is 4. The molecular weight excluding hydrogens is 168 g/mol. The molecule has 0 saturated heterocycles. The van der Waals surface area contributed by atoms with Crippen molar-refractivity contribution >= 4 is 12.3 Å². The van der Waals surface area contributed by atoms with Crippen LogP contribution in [0.5, 0.6) is 0 Å². The fourth-order valence-electron chi connectivity index (χ4n) is 0.999. The number of hydroxylamine groups is 2. The summed E-state index contributed by atoms with van der Waals surface area (Å²) in [5.41, 5.74) is 0. The molecule has 0 spiro atoms. The molecule has 0 aromatic rings. The Morgan fingerprint density at radius 2 is 2.62 bits per heavy atom. The minimum atomic E-state index is -0.199. The number of aliphatic imine (C=N–C) groups is 1. The summed E-state index contributed by atoms with van der Waals surface area (Å²) in [6, 6.07) is 0. The molecule has 0 aliphatic carbocycles. The van der Waals surface area contributed by atoms with Crippen LogP contribution < -0.4 is 0 Å². The number of carbonyl (C=O) groups is 1. The van der Waals surface area contributed by atoms with E-state index in [0.29, 0.717) is 19.5 Å². The van der Waals surface area contributed by atoms with Crippen molar-refractivity contribution in [1.29, 1.82) is 0 Å². The fourth-order valence-corrected chi connectivity index (χ4v) is 0.999. The Hall–Kier alpha value is -1.32. The van der Waals surface area contributed by atoms with Gasteiger partial charge in [0.15, 0.2) is 0 Å². The summed E-state index contributed by atoms with van der Waals surface area (Å²) in [6.07, 6.45) is 5.43. The molecule has 13 heavy (non-hydrogen) atoms. The van der Waals surface area contributed by atoms with Crippen LogP contribution in [0.4, 0.5) is 0 Å². The minimum absolute atomic E-state index is 0.199. The van der Waals surface area contributed by atoms with Crippen LogP contribution in [0, 0.1) is 0 Å². The monoisotopic (exact) mass is 182 g/mol. The van der Waals surface area contributed by atoms with Gasteiger partial charge in [0.2, 0.25) is 0 Å². The van der Waals surface area contributed by atoms with E-state index in [2.05, 4.69) is 11.6 Å². The average Bonchev–Trinajstić information content (AvgIpc) is 2.57. The molecule has 4 nitrogen and oxygen atoms in total. The van der Waals surface area contributed by atoms with E-state index in [1.54, 1.807) is 12.4 Å². The molecule has 1 aliphatic rings. The van der Waals surface area contributed by atoms with Crippen LogP contribution >= 0.6 is 0 Å². The summed E-state index contributed by atoms with van der Waals surface area (Å²) < 4.78 is 0. The van der Waals surface area contributed by atoms with Gasteiger partial charge in [0.05, 0.1) is 13.1 Å². The summed E-state index contributed by atoms with van der Waals surface area (Å²) >= 11 is 0. The van der Waals surface area contributed by atoms with Gasteiger partial charge in [-0.05, 0) is 12.8 Å². The van der Waals surface area contributed by atoms with E-state index in [4.69, 9.17) is 4.84 Å². The number of unbranched alkanes of at least 4 members (excludes halogenated alkanes) is 1. The molecule has 0 unspecified atom stereocenters. The van der Waals surface area contributed by atoms with E-state index in [9.17, 15) is 4.79 Å². The summed E-state index contributed by atoms with van der Waals surface area (Å²) in [4.78, 5) is 20.0. The van der Waals surface area contributed by atoms with Crippen LogP contribution in [-0.2, 0) is 9.63 Å². The maximum atomic E-state index is 11.1. The topological polar surface area (TPSA) is 41.9 Å². The lowest BCUT2D eigenvalue weighted by atomic mass is 10.2.